The second-order valence-corrected chi connectivity index (χ2v) is 3.11. The van der Waals surface area contributed by atoms with Gasteiger partial charge in [-0.05, 0) is 6.07 Å². The van der Waals surface area contributed by atoms with Crippen molar-refractivity contribution in [2.24, 2.45) is 0 Å². The molecule has 2 heterocycles. The maximum Gasteiger partial charge on any atom is 0.388 e. The van der Waals surface area contributed by atoms with E-state index in [1.165, 1.54) is 12.3 Å². The minimum Gasteiger partial charge on any atom is -0.486 e. The monoisotopic (exact) mass is 216 g/mol. The van der Waals surface area contributed by atoms with Crippen LogP contribution in [0.15, 0.2) is 18.3 Å². The molecule has 2 rings (SSSR count). The molecule has 0 saturated carbocycles. The van der Waals surface area contributed by atoms with Crippen molar-refractivity contribution in [2.75, 3.05) is 13.1 Å². The van der Waals surface area contributed by atoms with Crippen molar-refractivity contribution in [3.05, 3.63) is 18.3 Å². The second kappa shape index (κ2) is 4.39. The van der Waals surface area contributed by atoms with Crippen LogP contribution >= 0.6 is 0 Å². The minimum atomic E-state index is -2.85. The van der Waals surface area contributed by atoms with Crippen molar-refractivity contribution >= 4 is 0 Å². The van der Waals surface area contributed by atoms with E-state index in [1.807, 2.05) is 0 Å². The molecule has 0 bridgehead atoms. The van der Waals surface area contributed by atoms with Gasteiger partial charge in [-0.25, -0.2) is 4.98 Å². The standard InChI is InChI=1S/C9H10F2N2O2/c10-9(11)15-8-2-1-6(5-13-8)14-7-3-12-4-7/h1-2,5,7,9,12H,3-4H2. The molecule has 82 valence electrons. The number of pyridine rings is 1. The maximum atomic E-state index is 11.8. The average molecular weight is 216 g/mol. The molecule has 0 spiro atoms. The summed E-state index contributed by atoms with van der Waals surface area (Å²) in [4.78, 5) is 3.68. The fourth-order valence-corrected chi connectivity index (χ4v) is 1.14. The Balaban J connectivity index is 1.91. The third kappa shape index (κ3) is 2.76. The smallest absolute Gasteiger partial charge is 0.388 e. The third-order valence-electron chi connectivity index (χ3n) is 1.97. The molecule has 1 N–H and O–H groups in total. The number of aromatic nitrogens is 1. The van der Waals surface area contributed by atoms with Crippen molar-refractivity contribution in [3.8, 4) is 11.6 Å². The van der Waals surface area contributed by atoms with Crippen LogP contribution in [0.5, 0.6) is 11.6 Å². The van der Waals surface area contributed by atoms with E-state index >= 15 is 0 Å². The molecule has 0 aromatic carbocycles. The van der Waals surface area contributed by atoms with Crippen molar-refractivity contribution in [1.29, 1.82) is 0 Å². The Morgan fingerprint density at radius 1 is 1.40 bits per heavy atom. The number of nitrogens with zero attached hydrogens (tertiary/aromatic N) is 1. The van der Waals surface area contributed by atoms with E-state index in [-0.39, 0.29) is 12.0 Å². The fourth-order valence-electron chi connectivity index (χ4n) is 1.14. The molecule has 0 unspecified atom stereocenters. The van der Waals surface area contributed by atoms with Gasteiger partial charge in [-0.1, -0.05) is 0 Å². The van der Waals surface area contributed by atoms with Gasteiger partial charge >= 0.3 is 6.61 Å². The average Bonchev–Trinajstić information content (AvgIpc) is 2.13. The highest BCUT2D eigenvalue weighted by molar-refractivity contribution is 5.23. The number of hydrogen-bond donors (Lipinski definition) is 1. The molecule has 6 heteroatoms. The van der Waals surface area contributed by atoms with E-state index in [0.717, 1.165) is 13.1 Å². The normalized spacial score (nSPS) is 16.2. The lowest BCUT2D eigenvalue weighted by Gasteiger charge is -2.27. The van der Waals surface area contributed by atoms with Gasteiger partial charge in [0.1, 0.15) is 11.9 Å². The number of alkyl halides is 2. The summed E-state index contributed by atoms with van der Waals surface area (Å²) in [5.74, 6) is 0.451. The van der Waals surface area contributed by atoms with Crippen molar-refractivity contribution in [1.82, 2.24) is 10.3 Å². The summed E-state index contributed by atoms with van der Waals surface area (Å²) >= 11 is 0. The Labute approximate surface area is 85.2 Å². The SMILES string of the molecule is FC(F)Oc1ccc(OC2CNC2)cn1. The van der Waals surface area contributed by atoms with Crippen LogP contribution in [0.4, 0.5) is 8.78 Å². The highest BCUT2D eigenvalue weighted by atomic mass is 19.3. The molecule has 1 aliphatic heterocycles. The summed E-state index contributed by atoms with van der Waals surface area (Å²) in [7, 11) is 0. The van der Waals surface area contributed by atoms with E-state index in [2.05, 4.69) is 15.0 Å². The van der Waals surface area contributed by atoms with Crippen LogP contribution in [-0.2, 0) is 0 Å². The van der Waals surface area contributed by atoms with Crippen LogP contribution in [-0.4, -0.2) is 30.8 Å². The molecule has 0 amide bonds. The first-order valence-corrected chi connectivity index (χ1v) is 4.52. The quantitative estimate of drug-likeness (QED) is 0.816. The van der Waals surface area contributed by atoms with Gasteiger partial charge in [0, 0.05) is 19.2 Å². The fraction of sp³-hybridized carbons (Fsp3) is 0.444. The lowest BCUT2D eigenvalue weighted by molar-refractivity contribution is -0.0529. The Kier molecular flexibility index (Phi) is 2.96. The Morgan fingerprint density at radius 2 is 2.20 bits per heavy atom. The van der Waals surface area contributed by atoms with Gasteiger partial charge in [-0.2, -0.15) is 8.78 Å². The molecule has 15 heavy (non-hydrogen) atoms. The topological polar surface area (TPSA) is 43.4 Å². The van der Waals surface area contributed by atoms with E-state index < -0.39 is 6.61 Å². The van der Waals surface area contributed by atoms with E-state index in [4.69, 9.17) is 4.74 Å². The maximum absolute atomic E-state index is 11.8. The summed E-state index contributed by atoms with van der Waals surface area (Å²) < 4.78 is 33.1. The predicted octanol–water partition coefficient (Wildman–Crippen LogP) is 1.03. The van der Waals surface area contributed by atoms with Gasteiger partial charge in [0.25, 0.3) is 0 Å². The van der Waals surface area contributed by atoms with Gasteiger partial charge in [0.2, 0.25) is 5.88 Å². The largest absolute Gasteiger partial charge is 0.486 e. The number of ether oxygens (including phenoxy) is 2. The lowest BCUT2D eigenvalue weighted by Crippen LogP contribution is -2.50. The van der Waals surface area contributed by atoms with E-state index in [0.29, 0.717) is 5.75 Å². The first kappa shape index (κ1) is 10.1. The summed E-state index contributed by atoms with van der Waals surface area (Å²) in [5, 5.41) is 3.05. The Bertz CT molecular complexity index is 314. The number of hydrogen-bond acceptors (Lipinski definition) is 4. The Hall–Kier alpha value is -1.43. The molecule has 0 radical (unpaired) electrons. The first-order chi connectivity index (χ1) is 7.24. The highest BCUT2D eigenvalue weighted by Gasteiger charge is 2.18. The number of nitrogens with one attached hydrogen (secondary N) is 1. The lowest BCUT2D eigenvalue weighted by atomic mass is 10.2. The molecule has 1 fully saturated rings. The summed E-state index contributed by atoms with van der Waals surface area (Å²) in [5.41, 5.74) is 0. The van der Waals surface area contributed by atoms with Crippen LogP contribution in [0.3, 0.4) is 0 Å². The molecular formula is C9H10F2N2O2. The van der Waals surface area contributed by atoms with Crippen LogP contribution < -0.4 is 14.8 Å². The Morgan fingerprint density at radius 3 is 2.67 bits per heavy atom. The molecule has 1 aliphatic rings. The van der Waals surface area contributed by atoms with Gasteiger partial charge in [-0.3, -0.25) is 0 Å². The van der Waals surface area contributed by atoms with Crippen molar-refractivity contribution in [2.45, 2.75) is 12.7 Å². The first-order valence-electron chi connectivity index (χ1n) is 4.52. The van der Waals surface area contributed by atoms with Gasteiger partial charge in [0.05, 0.1) is 6.20 Å². The van der Waals surface area contributed by atoms with Gasteiger partial charge in [0.15, 0.2) is 0 Å². The van der Waals surface area contributed by atoms with Crippen molar-refractivity contribution in [3.63, 3.8) is 0 Å². The molecule has 1 saturated heterocycles. The van der Waals surface area contributed by atoms with Gasteiger partial charge < -0.3 is 14.8 Å². The molecule has 1 aromatic heterocycles. The highest BCUT2D eigenvalue weighted by Crippen LogP contribution is 2.17. The zero-order valence-electron chi connectivity index (χ0n) is 7.82. The molecule has 0 aliphatic carbocycles. The number of rotatable bonds is 4. The third-order valence-corrected chi connectivity index (χ3v) is 1.97. The predicted molar refractivity (Wildman–Crippen MR) is 48.2 cm³/mol. The molecule has 0 atom stereocenters. The summed E-state index contributed by atoms with van der Waals surface area (Å²) in [6.07, 6.45) is 1.52. The molecule has 4 nitrogen and oxygen atoms in total. The molecule has 1 aromatic rings. The second-order valence-electron chi connectivity index (χ2n) is 3.11. The summed E-state index contributed by atoms with van der Waals surface area (Å²) in [6, 6.07) is 2.91. The van der Waals surface area contributed by atoms with Crippen LogP contribution in [0.1, 0.15) is 0 Å². The zero-order valence-corrected chi connectivity index (χ0v) is 7.82. The van der Waals surface area contributed by atoms with E-state index in [9.17, 15) is 8.78 Å². The van der Waals surface area contributed by atoms with Crippen LogP contribution in [0, 0.1) is 0 Å². The van der Waals surface area contributed by atoms with Crippen molar-refractivity contribution < 1.29 is 18.3 Å². The number of halogens is 2. The van der Waals surface area contributed by atoms with Crippen LogP contribution in [0.2, 0.25) is 0 Å². The minimum absolute atomic E-state index is 0.107. The molecular weight excluding hydrogens is 206 g/mol. The van der Waals surface area contributed by atoms with E-state index in [1.54, 1.807) is 6.07 Å². The zero-order chi connectivity index (χ0) is 10.7. The van der Waals surface area contributed by atoms with Gasteiger partial charge in [-0.15, -0.1) is 0 Å². The summed E-state index contributed by atoms with van der Waals surface area (Å²) in [6.45, 7) is -1.25. The van der Waals surface area contributed by atoms with Crippen LogP contribution in [0.25, 0.3) is 0 Å².